The molecule has 0 radical (unpaired) electrons. The van der Waals surface area contributed by atoms with Crippen molar-refractivity contribution >= 4 is 32.4 Å². The maximum absolute atomic E-state index is 12.1. The highest BCUT2D eigenvalue weighted by molar-refractivity contribution is 7.91. The number of carbonyl (C=O) groups excluding carboxylic acids is 1. The lowest BCUT2D eigenvalue weighted by molar-refractivity contribution is -0.114. The van der Waals surface area contributed by atoms with Gasteiger partial charge in [0.05, 0.1) is 0 Å². The molecule has 1 unspecified atom stereocenters. The predicted molar refractivity (Wildman–Crippen MR) is 73.5 cm³/mol. The van der Waals surface area contributed by atoms with Crippen molar-refractivity contribution in [2.45, 2.75) is 44.5 Å². The van der Waals surface area contributed by atoms with Gasteiger partial charge in [0, 0.05) is 13.0 Å². The van der Waals surface area contributed by atoms with Crippen LogP contribution >= 0.6 is 11.3 Å². The van der Waals surface area contributed by atoms with E-state index in [4.69, 9.17) is 0 Å². The number of nitrogens with one attached hydrogen (secondary N) is 2. The van der Waals surface area contributed by atoms with Gasteiger partial charge in [0.2, 0.25) is 15.4 Å². The molecule has 0 fully saturated rings. The van der Waals surface area contributed by atoms with Gasteiger partial charge in [0.15, 0.2) is 0 Å². The van der Waals surface area contributed by atoms with Crippen molar-refractivity contribution in [1.82, 2.24) is 14.9 Å². The molecule has 1 amide bonds. The predicted octanol–water partition coefficient (Wildman–Crippen LogP) is 1.21. The van der Waals surface area contributed by atoms with E-state index in [2.05, 4.69) is 20.2 Å². The van der Waals surface area contributed by atoms with Crippen LogP contribution in [0.2, 0.25) is 0 Å². The zero-order valence-electron chi connectivity index (χ0n) is 11.3. The van der Waals surface area contributed by atoms with Crippen LogP contribution in [-0.2, 0) is 14.8 Å². The van der Waals surface area contributed by atoms with Gasteiger partial charge in [-0.2, -0.15) is 0 Å². The summed E-state index contributed by atoms with van der Waals surface area (Å²) in [5, 5.41) is 9.78. The summed E-state index contributed by atoms with van der Waals surface area (Å²) in [6.45, 7) is 7.12. The second-order valence-corrected chi connectivity index (χ2v) is 7.30. The third-order valence-corrected chi connectivity index (χ3v) is 5.17. The second kappa shape index (κ2) is 6.40. The fraction of sp³-hybridized carbons (Fsp3) is 0.700. The zero-order valence-corrected chi connectivity index (χ0v) is 12.9. The molecule has 0 spiro atoms. The Morgan fingerprint density at radius 1 is 1.37 bits per heavy atom. The van der Waals surface area contributed by atoms with E-state index in [0.29, 0.717) is 6.42 Å². The van der Waals surface area contributed by atoms with Crippen molar-refractivity contribution in [3.05, 3.63) is 0 Å². The second-order valence-electron chi connectivity index (χ2n) is 4.43. The van der Waals surface area contributed by atoms with Crippen LogP contribution in [0.4, 0.5) is 5.13 Å². The van der Waals surface area contributed by atoms with Gasteiger partial charge in [0.1, 0.15) is 0 Å². The average molecular weight is 306 g/mol. The fourth-order valence-corrected chi connectivity index (χ4v) is 3.89. The zero-order chi connectivity index (χ0) is 14.6. The highest BCUT2D eigenvalue weighted by Crippen LogP contribution is 2.21. The van der Waals surface area contributed by atoms with Crippen LogP contribution in [0.15, 0.2) is 4.34 Å². The van der Waals surface area contributed by atoms with Gasteiger partial charge in [-0.15, -0.1) is 10.2 Å². The summed E-state index contributed by atoms with van der Waals surface area (Å²) in [5.74, 6) is -0.135. The molecule has 108 valence electrons. The van der Waals surface area contributed by atoms with Gasteiger partial charge in [-0.25, -0.2) is 13.1 Å². The SMILES string of the molecule is CCC(NS(=O)(=O)c1nnc(NC(C)=O)s1)C(C)C. The van der Waals surface area contributed by atoms with Crippen molar-refractivity contribution < 1.29 is 13.2 Å². The first-order valence-corrected chi connectivity index (χ1v) is 8.19. The van der Waals surface area contributed by atoms with Crippen molar-refractivity contribution in [1.29, 1.82) is 0 Å². The molecule has 9 heteroatoms. The Morgan fingerprint density at radius 2 is 2.00 bits per heavy atom. The number of aromatic nitrogens is 2. The molecule has 1 atom stereocenters. The first kappa shape index (κ1) is 16.0. The number of anilines is 1. The smallest absolute Gasteiger partial charge is 0.270 e. The third-order valence-electron chi connectivity index (χ3n) is 2.47. The van der Waals surface area contributed by atoms with Crippen LogP contribution in [0.5, 0.6) is 0 Å². The lowest BCUT2D eigenvalue weighted by atomic mass is 10.0. The number of amides is 1. The minimum atomic E-state index is -3.69. The van der Waals surface area contributed by atoms with Gasteiger partial charge in [-0.1, -0.05) is 32.1 Å². The van der Waals surface area contributed by atoms with Crippen molar-refractivity contribution in [2.75, 3.05) is 5.32 Å². The van der Waals surface area contributed by atoms with E-state index in [9.17, 15) is 13.2 Å². The molecular weight excluding hydrogens is 288 g/mol. The Kier molecular flexibility index (Phi) is 5.39. The molecule has 0 saturated heterocycles. The summed E-state index contributed by atoms with van der Waals surface area (Å²) in [6, 6.07) is -0.155. The highest BCUT2D eigenvalue weighted by Gasteiger charge is 2.25. The topological polar surface area (TPSA) is 101 Å². The molecule has 0 aliphatic carbocycles. The molecule has 0 aliphatic heterocycles. The monoisotopic (exact) mass is 306 g/mol. The van der Waals surface area contributed by atoms with E-state index in [1.807, 2.05) is 20.8 Å². The molecule has 0 aromatic carbocycles. The van der Waals surface area contributed by atoms with Crippen molar-refractivity contribution in [3.63, 3.8) is 0 Å². The Hall–Kier alpha value is -1.06. The molecule has 1 aromatic heterocycles. The molecule has 19 heavy (non-hydrogen) atoms. The van der Waals surface area contributed by atoms with E-state index >= 15 is 0 Å². The molecule has 0 aliphatic rings. The Labute approximate surface area is 116 Å². The fourth-order valence-electron chi connectivity index (χ4n) is 1.46. The van der Waals surface area contributed by atoms with E-state index in [-0.39, 0.29) is 27.3 Å². The molecule has 2 N–H and O–H groups in total. The summed E-state index contributed by atoms with van der Waals surface area (Å²) < 4.78 is 26.6. The third kappa shape index (κ3) is 4.51. The lowest BCUT2D eigenvalue weighted by Crippen LogP contribution is -2.37. The van der Waals surface area contributed by atoms with Crippen LogP contribution in [-0.4, -0.2) is 30.6 Å². The largest absolute Gasteiger partial charge is 0.301 e. The molecule has 1 heterocycles. The first-order valence-electron chi connectivity index (χ1n) is 5.89. The molecule has 1 aromatic rings. The summed E-state index contributed by atoms with van der Waals surface area (Å²) in [6.07, 6.45) is 0.689. The van der Waals surface area contributed by atoms with Gasteiger partial charge in [-0.05, 0) is 12.3 Å². The number of hydrogen-bond acceptors (Lipinski definition) is 6. The van der Waals surface area contributed by atoms with E-state index < -0.39 is 10.0 Å². The van der Waals surface area contributed by atoms with E-state index in [0.717, 1.165) is 11.3 Å². The summed E-state index contributed by atoms with van der Waals surface area (Å²) in [5.41, 5.74) is 0. The van der Waals surface area contributed by atoms with Crippen molar-refractivity contribution in [3.8, 4) is 0 Å². The maximum Gasteiger partial charge on any atom is 0.270 e. The normalized spacial score (nSPS) is 13.5. The number of rotatable bonds is 6. The number of carbonyl (C=O) groups is 1. The number of hydrogen-bond donors (Lipinski definition) is 2. The van der Waals surface area contributed by atoms with E-state index in [1.54, 1.807) is 0 Å². The van der Waals surface area contributed by atoms with Gasteiger partial charge in [-0.3, -0.25) is 4.79 Å². The van der Waals surface area contributed by atoms with Crippen LogP contribution in [0.25, 0.3) is 0 Å². The van der Waals surface area contributed by atoms with E-state index in [1.165, 1.54) is 6.92 Å². The maximum atomic E-state index is 12.1. The molecule has 7 nitrogen and oxygen atoms in total. The van der Waals surface area contributed by atoms with Crippen LogP contribution in [0.3, 0.4) is 0 Å². The molecule has 0 saturated carbocycles. The summed E-state index contributed by atoms with van der Waals surface area (Å²) >= 11 is 0.828. The number of sulfonamides is 1. The van der Waals surface area contributed by atoms with Crippen molar-refractivity contribution in [2.24, 2.45) is 5.92 Å². The quantitative estimate of drug-likeness (QED) is 0.769. The van der Waals surface area contributed by atoms with Gasteiger partial charge in [0.25, 0.3) is 10.0 Å². The Bertz CT molecular complexity index is 539. The standard InChI is InChI=1S/C10H18N4O3S2/c1-5-8(6(2)3)14-19(16,17)10-13-12-9(18-10)11-7(4)15/h6,8,14H,5H2,1-4H3,(H,11,12,15). The van der Waals surface area contributed by atoms with Gasteiger partial charge < -0.3 is 5.32 Å². The first-order chi connectivity index (χ1) is 8.76. The lowest BCUT2D eigenvalue weighted by Gasteiger charge is -2.19. The summed E-state index contributed by atoms with van der Waals surface area (Å²) in [4.78, 5) is 10.8. The number of nitrogens with zero attached hydrogens (tertiary/aromatic N) is 2. The minimum absolute atomic E-state index is 0.143. The van der Waals surface area contributed by atoms with Crippen LogP contribution in [0.1, 0.15) is 34.1 Å². The average Bonchev–Trinajstić information content (AvgIpc) is 2.73. The van der Waals surface area contributed by atoms with Crippen LogP contribution < -0.4 is 10.0 Å². The summed E-state index contributed by atoms with van der Waals surface area (Å²) in [7, 11) is -3.69. The Balaban J connectivity index is 2.88. The highest BCUT2D eigenvalue weighted by atomic mass is 32.2. The Morgan fingerprint density at radius 3 is 2.47 bits per heavy atom. The molecule has 1 rings (SSSR count). The van der Waals surface area contributed by atoms with Gasteiger partial charge >= 0.3 is 0 Å². The molecular formula is C10H18N4O3S2. The van der Waals surface area contributed by atoms with Crippen LogP contribution in [0, 0.1) is 5.92 Å². The minimum Gasteiger partial charge on any atom is -0.301 e. The molecule has 0 bridgehead atoms.